The van der Waals surface area contributed by atoms with E-state index < -0.39 is 10.8 Å². The maximum absolute atomic E-state index is 13.2. The molecule has 0 N–H and O–H groups in total. The number of carbonyl (C=O) groups is 1. The number of rotatable bonds is 2. The van der Waals surface area contributed by atoms with Gasteiger partial charge in [0.2, 0.25) is 5.69 Å². The first kappa shape index (κ1) is 15.8. The second-order valence-corrected chi connectivity index (χ2v) is 6.60. The molecule has 0 bridgehead atoms. The summed E-state index contributed by atoms with van der Waals surface area (Å²) in [6, 6.07) is 8.05. The Balaban J connectivity index is 1.78. The van der Waals surface area contributed by atoms with E-state index in [2.05, 4.69) is 10.00 Å². The molecule has 0 aliphatic carbocycles. The number of nitro groups is 1. The summed E-state index contributed by atoms with van der Waals surface area (Å²) in [7, 11) is 1.58. The Bertz CT molecular complexity index is 847. The predicted molar refractivity (Wildman–Crippen MR) is 91.4 cm³/mol. The van der Waals surface area contributed by atoms with Gasteiger partial charge in [-0.3, -0.25) is 24.5 Å². The van der Waals surface area contributed by atoms with Gasteiger partial charge < -0.3 is 4.90 Å². The highest BCUT2D eigenvalue weighted by Crippen LogP contribution is 2.33. The molecule has 0 spiro atoms. The Morgan fingerprint density at radius 3 is 2.96 bits per heavy atom. The number of amides is 1. The van der Waals surface area contributed by atoms with Crippen LogP contribution >= 0.6 is 0 Å². The van der Waals surface area contributed by atoms with Gasteiger partial charge >= 0.3 is 5.69 Å². The number of carbonyl (C=O) groups excluding carboxylic acids is 1. The summed E-state index contributed by atoms with van der Waals surface area (Å²) in [5.74, 6) is -0.409. The molecule has 2 aliphatic heterocycles. The molecule has 0 saturated carbocycles. The van der Waals surface area contributed by atoms with Crippen molar-refractivity contribution >= 4 is 17.3 Å². The molecule has 0 unspecified atom stereocenters. The van der Waals surface area contributed by atoms with Gasteiger partial charge in [-0.25, -0.2) is 0 Å². The van der Waals surface area contributed by atoms with E-state index in [0.717, 1.165) is 37.2 Å². The molecule has 2 aromatic rings. The minimum absolute atomic E-state index is 0.103. The van der Waals surface area contributed by atoms with Crippen molar-refractivity contribution in [1.82, 2.24) is 14.7 Å². The number of hydrogen-bond donors (Lipinski definition) is 0. The third kappa shape index (κ3) is 2.68. The quantitative estimate of drug-likeness (QED) is 0.616. The van der Waals surface area contributed by atoms with E-state index in [4.69, 9.17) is 0 Å². The van der Waals surface area contributed by atoms with Gasteiger partial charge in [0.05, 0.1) is 4.92 Å². The Morgan fingerprint density at radius 1 is 1.36 bits per heavy atom. The average Bonchev–Trinajstić information content (AvgIpc) is 3.16. The molecule has 1 saturated heterocycles. The highest BCUT2D eigenvalue weighted by atomic mass is 16.6. The maximum atomic E-state index is 13.2. The van der Waals surface area contributed by atoms with Crippen LogP contribution in [0.15, 0.2) is 30.5 Å². The molecular formula is C17H19N5O3. The zero-order valence-electron chi connectivity index (χ0n) is 14.0. The molecule has 4 rings (SSSR count). The summed E-state index contributed by atoms with van der Waals surface area (Å²) in [5.41, 5.74) is 1.53. The monoisotopic (exact) mass is 341 g/mol. The van der Waals surface area contributed by atoms with Crippen molar-refractivity contribution in [2.45, 2.75) is 25.4 Å². The van der Waals surface area contributed by atoms with Gasteiger partial charge in [-0.15, -0.1) is 0 Å². The number of fused-ring (bicyclic) bond motifs is 2. The number of hydrogen-bond acceptors (Lipinski definition) is 5. The van der Waals surface area contributed by atoms with Gasteiger partial charge in [0.25, 0.3) is 5.91 Å². The third-order valence-electron chi connectivity index (χ3n) is 5.00. The average molecular weight is 341 g/mol. The van der Waals surface area contributed by atoms with E-state index in [-0.39, 0.29) is 17.4 Å². The molecule has 1 amide bonds. The minimum atomic E-state index is -0.550. The first-order valence-electron chi connectivity index (χ1n) is 8.36. The van der Waals surface area contributed by atoms with Gasteiger partial charge in [-0.2, -0.15) is 5.10 Å². The molecule has 1 atom stereocenters. The number of para-hydroxylation sites is 1. The van der Waals surface area contributed by atoms with Crippen LogP contribution in [-0.4, -0.2) is 44.6 Å². The highest BCUT2D eigenvalue weighted by molar-refractivity contribution is 6.07. The summed E-state index contributed by atoms with van der Waals surface area (Å²) in [6.45, 7) is 2.35. The van der Waals surface area contributed by atoms with Crippen LogP contribution in [0.5, 0.6) is 0 Å². The van der Waals surface area contributed by atoms with Gasteiger partial charge in [0, 0.05) is 31.9 Å². The lowest BCUT2D eigenvalue weighted by atomic mass is 10.1. The molecule has 25 heavy (non-hydrogen) atoms. The maximum Gasteiger partial charge on any atom is 0.320 e. The topological polar surface area (TPSA) is 84.5 Å². The van der Waals surface area contributed by atoms with Crippen LogP contribution in [0.3, 0.4) is 0 Å². The zero-order valence-corrected chi connectivity index (χ0v) is 14.0. The van der Waals surface area contributed by atoms with Crippen LogP contribution in [0, 0.1) is 10.1 Å². The summed E-state index contributed by atoms with van der Waals surface area (Å²) < 4.78 is 1.32. The second kappa shape index (κ2) is 5.96. The normalized spacial score (nSPS) is 20.0. The molecule has 130 valence electrons. The van der Waals surface area contributed by atoms with E-state index in [9.17, 15) is 14.9 Å². The smallest absolute Gasteiger partial charge is 0.305 e. The lowest BCUT2D eigenvalue weighted by molar-refractivity contribution is -0.385. The molecule has 2 aliphatic rings. The third-order valence-corrected chi connectivity index (χ3v) is 5.00. The Morgan fingerprint density at radius 2 is 2.16 bits per heavy atom. The van der Waals surface area contributed by atoms with E-state index in [0.29, 0.717) is 6.54 Å². The number of nitrogens with zero attached hydrogens (tertiary/aromatic N) is 5. The van der Waals surface area contributed by atoms with Crippen LogP contribution in [-0.2, 0) is 13.6 Å². The SMILES string of the molecule is Cn1cc([N+](=O)[O-])c(C(=O)N2C[C@H]3CCCN3Cc3ccccc32)n1. The summed E-state index contributed by atoms with van der Waals surface area (Å²) >= 11 is 0. The van der Waals surface area contributed by atoms with Gasteiger partial charge in [0.15, 0.2) is 0 Å². The lowest BCUT2D eigenvalue weighted by Crippen LogP contribution is -2.40. The van der Waals surface area contributed by atoms with E-state index in [1.165, 1.54) is 10.9 Å². The van der Waals surface area contributed by atoms with E-state index in [1.807, 2.05) is 24.3 Å². The van der Waals surface area contributed by atoms with Gasteiger partial charge in [-0.05, 0) is 31.0 Å². The fraction of sp³-hybridized carbons (Fsp3) is 0.412. The fourth-order valence-corrected chi connectivity index (χ4v) is 3.83. The number of aromatic nitrogens is 2. The molecule has 8 nitrogen and oxygen atoms in total. The van der Waals surface area contributed by atoms with Crippen LogP contribution in [0.25, 0.3) is 0 Å². The largest absolute Gasteiger partial charge is 0.320 e. The number of anilines is 1. The van der Waals surface area contributed by atoms with Crippen LogP contribution < -0.4 is 4.90 Å². The first-order chi connectivity index (χ1) is 12.0. The zero-order chi connectivity index (χ0) is 17.6. The van der Waals surface area contributed by atoms with E-state index in [1.54, 1.807) is 11.9 Å². The number of benzene rings is 1. The van der Waals surface area contributed by atoms with Crippen LogP contribution in [0.4, 0.5) is 11.4 Å². The van der Waals surface area contributed by atoms with Crippen LogP contribution in [0.1, 0.15) is 28.9 Å². The van der Waals surface area contributed by atoms with Crippen molar-refractivity contribution < 1.29 is 9.72 Å². The summed E-state index contributed by atoms with van der Waals surface area (Å²) in [5, 5.41) is 15.4. The van der Waals surface area contributed by atoms with Crippen LogP contribution in [0.2, 0.25) is 0 Å². The minimum Gasteiger partial charge on any atom is -0.305 e. The lowest BCUT2D eigenvalue weighted by Gasteiger charge is -2.25. The Labute approximate surface area is 144 Å². The predicted octanol–water partition coefficient (Wildman–Crippen LogP) is 1.95. The van der Waals surface area contributed by atoms with Crippen molar-refractivity contribution in [3.8, 4) is 0 Å². The molecule has 0 radical (unpaired) electrons. The number of aryl methyl sites for hydroxylation is 1. The molecule has 1 aromatic carbocycles. The molecule has 3 heterocycles. The molecular weight excluding hydrogens is 322 g/mol. The van der Waals surface area contributed by atoms with Crippen molar-refractivity contribution in [2.75, 3.05) is 18.0 Å². The fourth-order valence-electron chi connectivity index (χ4n) is 3.83. The van der Waals surface area contributed by atoms with Crippen molar-refractivity contribution in [3.63, 3.8) is 0 Å². The van der Waals surface area contributed by atoms with Crippen molar-refractivity contribution in [3.05, 3.63) is 51.8 Å². The molecule has 1 aromatic heterocycles. The van der Waals surface area contributed by atoms with Gasteiger partial charge in [-0.1, -0.05) is 18.2 Å². The molecule has 1 fully saturated rings. The standard InChI is InChI=1S/C17H19N5O3/c1-19-11-15(22(24)25)16(18-19)17(23)21-10-13-6-4-8-20(13)9-12-5-2-3-7-14(12)21/h2-3,5,7,11,13H,4,6,8-10H2,1H3/t13-/m1/s1. The molecule has 8 heteroatoms. The highest BCUT2D eigenvalue weighted by Gasteiger charge is 2.36. The first-order valence-corrected chi connectivity index (χ1v) is 8.36. The summed E-state index contributed by atoms with van der Waals surface area (Å²) in [4.78, 5) is 28.0. The Hall–Kier alpha value is -2.74. The Kier molecular flexibility index (Phi) is 3.76. The van der Waals surface area contributed by atoms with Gasteiger partial charge in [0.1, 0.15) is 6.20 Å². The van der Waals surface area contributed by atoms with Crippen molar-refractivity contribution in [1.29, 1.82) is 0 Å². The second-order valence-electron chi connectivity index (χ2n) is 6.60. The van der Waals surface area contributed by atoms with E-state index >= 15 is 0 Å². The summed E-state index contributed by atoms with van der Waals surface area (Å²) in [6.07, 6.45) is 3.42. The van der Waals surface area contributed by atoms with Crippen molar-refractivity contribution in [2.24, 2.45) is 7.05 Å².